The highest BCUT2D eigenvalue weighted by Gasteiger charge is 2.21. The van der Waals surface area contributed by atoms with E-state index in [-0.39, 0.29) is 0 Å². The Hall–Kier alpha value is 0. The summed E-state index contributed by atoms with van der Waals surface area (Å²) in [6.07, 6.45) is 8.34. The highest BCUT2D eigenvalue weighted by molar-refractivity contribution is 4.72. The SMILES string of the molecule is CCCC(C)CC(C)(C)CCCC(C)C(C)C. The molecule has 104 valence electrons. The Morgan fingerprint density at radius 2 is 1.53 bits per heavy atom. The molecule has 2 atom stereocenters. The molecule has 0 bridgehead atoms. The maximum absolute atomic E-state index is 2.46. The zero-order chi connectivity index (χ0) is 13.5. The van der Waals surface area contributed by atoms with Crippen LogP contribution in [0.1, 0.15) is 87.0 Å². The van der Waals surface area contributed by atoms with Crippen LogP contribution in [0.25, 0.3) is 0 Å². The van der Waals surface area contributed by atoms with Gasteiger partial charge >= 0.3 is 0 Å². The molecule has 17 heavy (non-hydrogen) atoms. The normalized spacial score (nSPS) is 16.2. The third-order valence-electron chi connectivity index (χ3n) is 4.33. The molecule has 0 nitrogen and oxygen atoms in total. The van der Waals surface area contributed by atoms with Gasteiger partial charge in [-0.2, -0.15) is 0 Å². The Labute approximate surface area is 111 Å². The molecule has 0 aromatic heterocycles. The average molecular weight is 240 g/mol. The average Bonchev–Trinajstić information content (AvgIpc) is 2.16. The van der Waals surface area contributed by atoms with E-state index in [1.54, 1.807) is 0 Å². The molecule has 0 aromatic carbocycles. The molecule has 0 heteroatoms. The molecule has 0 spiro atoms. The summed E-state index contributed by atoms with van der Waals surface area (Å²) in [5, 5.41) is 0. The van der Waals surface area contributed by atoms with E-state index in [1.807, 2.05) is 0 Å². The maximum atomic E-state index is 2.46. The van der Waals surface area contributed by atoms with Crippen LogP contribution in [-0.4, -0.2) is 0 Å². The fraction of sp³-hybridized carbons (Fsp3) is 1.00. The van der Waals surface area contributed by atoms with Gasteiger partial charge in [-0.15, -0.1) is 0 Å². The monoisotopic (exact) mass is 240 g/mol. The fourth-order valence-electron chi connectivity index (χ4n) is 2.88. The predicted molar refractivity (Wildman–Crippen MR) is 80.3 cm³/mol. The van der Waals surface area contributed by atoms with Gasteiger partial charge in [0.15, 0.2) is 0 Å². The first-order valence-electron chi connectivity index (χ1n) is 7.78. The number of hydrogen-bond acceptors (Lipinski definition) is 0. The summed E-state index contributed by atoms with van der Waals surface area (Å²) >= 11 is 0. The van der Waals surface area contributed by atoms with Gasteiger partial charge in [-0.1, -0.05) is 74.1 Å². The van der Waals surface area contributed by atoms with Gasteiger partial charge in [-0.25, -0.2) is 0 Å². The van der Waals surface area contributed by atoms with Gasteiger partial charge in [0, 0.05) is 0 Å². The molecule has 0 heterocycles. The second-order valence-corrected chi connectivity index (χ2v) is 7.38. The van der Waals surface area contributed by atoms with Crippen molar-refractivity contribution in [2.24, 2.45) is 23.2 Å². The summed E-state index contributed by atoms with van der Waals surface area (Å²) in [7, 11) is 0. The highest BCUT2D eigenvalue weighted by atomic mass is 14.3. The van der Waals surface area contributed by atoms with Crippen LogP contribution in [0, 0.1) is 23.2 Å². The van der Waals surface area contributed by atoms with E-state index < -0.39 is 0 Å². The van der Waals surface area contributed by atoms with Crippen LogP contribution in [0.15, 0.2) is 0 Å². The highest BCUT2D eigenvalue weighted by Crippen LogP contribution is 2.33. The lowest BCUT2D eigenvalue weighted by Crippen LogP contribution is -2.16. The zero-order valence-electron chi connectivity index (χ0n) is 13.5. The van der Waals surface area contributed by atoms with Crippen molar-refractivity contribution in [3.8, 4) is 0 Å². The zero-order valence-corrected chi connectivity index (χ0v) is 13.5. The molecule has 0 fully saturated rings. The summed E-state index contributed by atoms with van der Waals surface area (Å²) < 4.78 is 0. The van der Waals surface area contributed by atoms with Gasteiger partial charge in [0.05, 0.1) is 0 Å². The predicted octanol–water partition coefficient (Wildman–Crippen LogP) is 6.30. The van der Waals surface area contributed by atoms with Gasteiger partial charge < -0.3 is 0 Å². The van der Waals surface area contributed by atoms with Gasteiger partial charge in [0.25, 0.3) is 0 Å². The molecular formula is C17H36. The Balaban J connectivity index is 3.85. The van der Waals surface area contributed by atoms with E-state index in [9.17, 15) is 0 Å². The van der Waals surface area contributed by atoms with Crippen LogP contribution in [0.4, 0.5) is 0 Å². The summed E-state index contributed by atoms with van der Waals surface area (Å²) in [5.74, 6) is 2.63. The molecule has 0 aromatic rings. The Morgan fingerprint density at radius 3 is 2.00 bits per heavy atom. The quantitative estimate of drug-likeness (QED) is 0.443. The first-order chi connectivity index (χ1) is 7.78. The topological polar surface area (TPSA) is 0 Å². The third-order valence-corrected chi connectivity index (χ3v) is 4.33. The minimum absolute atomic E-state index is 0.547. The number of rotatable bonds is 9. The Morgan fingerprint density at radius 1 is 0.941 bits per heavy atom. The molecular weight excluding hydrogens is 204 g/mol. The molecule has 0 aliphatic heterocycles. The van der Waals surface area contributed by atoms with Crippen LogP contribution in [0.3, 0.4) is 0 Å². The van der Waals surface area contributed by atoms with Crippen LogP contribution in [0.2, 0.25) is 0 Å². The van der Waals surface area contributed by atoms with Crippen molar-refractivity contribution in [2.75, 3.05) is 0 Å². The molecule has 0 aliphatic rings. The maximum Gasteiger partial charge on any atom is -0.0352 e. The van der Waals surface area contributed by atoms with Gasteiger partial charge in [0.2, 0.25) is 0 Å². The van der Waals surface area contributed by atoms with Gasteiger partial charge in [0.1, 0.15) is 0 Å². The smallest absolute Gasteiger partial charge is 0.0352 e. The molecule has 0 amide bonds. The minimum Gasteiger partial charge on any atom is -0.0654 e. The second kappa shape index (κ2) is 8.16. The molecule has 0 saturated carbocycles. The van der Waals surface area contributed by atoms with Crippen molar-refractivity contribution in [3.63, 3.8) is 0 Å². The molecule has 0 saturated heterocycles. The van der Waals surface area contributed by atoms with Crippen LogP contribution >= 0.6 is 0 Å². The molecule has 0 aliphatic carbocycles. The van der Waals surface area contributed by atoms with Gasteiger partial charge in [-0.05, 0) is 36.0 Å². The van der Waals surface area contributed by atoms with Gasteiger partial charge in [-0.3, -0.25) is 0 Å². The van der Waals surface area contributed by atoms with E-state index in [0.29, 0.717) is 5.41 Å². The molecule has 0 N–H and O–H groups in total. The molecule has 0 rings (SSSR count). The lowest BCUT2D eigenvalue weighted by atomic mass is 9.77. The summed E-state index contributed by atoms with van der Waals surface area (Å²) in [6, 6.07) is 0. The van der Waals surface area contributed by atoms with E-state index in [2.05, 4.69) is 48.5 Å². The van der Waals surface area contributed by atoms with Crippen molar-refractivity contribution < 1.29 is 0 Å². The van der Waals surface area contributed by atoms with E-state index in [1.165, 1.54) is 38.5 Å². The lowest BCUT2D eigenvalue weighted by molar-refractivity contribution is 0.231. The molecule has 0 radical (unpaired) electrons. The largest absolute Gasteiger partial charge is 0.0654 e. The van der Waals surface area contributed by atoms with Crippen LogP contribution in [0.5, 0.6) is 0 Å². The minimum atomic E-state index is 0.547. The van der Waals surface area contributed by atoms with E-state index in [4.69, 9.17) is 0 Å². The molecule has 2 unspecified atom stereocenters. The third kappa shape index (κ3) is 8.69. The summed E-state index contributed by atoms with van der Waals surface area (Å²) in [6.45, 7) is 16.7. The van der Waals surface area contributed by atoms with E-state index >= 15 is 0 Å². The summed E-state index contributed by atoms with van der Waals surface area (Å²) in [5.41, 5.74) is 0.547. The lowest BCUT2D eigenvalue weighted by Gasteiger charge is -2.29. The first kappa shape index (κ1) is 17.0. The van der Waals surface area contributed by atoms with Crippen molar-refractivity contribution in [2.45, 2.75) is 87.0 Å². The van der Waals surface area contributed by atoms with E-state index in [0.717, 1.165) is 17.8 Å². The van der Waals surface area contributed by atoms with Crippen LogP contribution < -0.4 is 0 Å². The summed E-state index contributed by atoms with van der Waals surface area (Å²) in [4.78, 5) is 0. The van der Waals surface area contributed by atoms with Crippen molar-refractivity contribution in [3.05, 3.63) is 0 Å². The number of hydrogen-bond donors (Lipinski definition) is 0. The second-order valence-electron chi connectivity index (χ2n) is 7.38. The van der Waals surface area contributed by atoms with Crippen molar-refractivity contribution in [1.29, 1.82) is 0 Å². The standard InChI is InChI=1S/C17H36/c1-8-10-15(4)13-17(6,7)12-9-11-16(5)14(2)3/h14-16H,8-13H2,1-7H3. The Kier molecular flexibility index (Phi) is 8.16. The fourth-order valence-corrected chi connectivity index (χ4v) is 2.88. The first-order valence-corrected chi connectivity index (χ1v) is 7.78. The van der Waals surface area contributed by atoms with Crippen LogP contribution in [-0.2, 0) is 0 Å². The Bertz CT molecular complexity index is 178. The van der Waals surface area contributed by atoms with Crippen molar-refractivity contribution in [1.82, 2.24) is 0 Å². The van der Waals surface area contributed by atoms with Crippen molar-refractivity contribution >= 4 is 0 Å².